The molecule has 2 atom stereocenters. The lowest BCUT2D eigenvalue weighted by Gasteiger charge is -2.31. The van der Waals surface area contributed by atoms with Gasteiger partial charge in [-0.05, 0) is 81.9 Å². The number of nitrogens with one attached hydrogen (secondary N) is 1. The van der Waals surface area contributed by atoms with Gasteiger partial charge in [-0.3, -0.25) is 4.98 Å². The molecule has 1 fully saturated rings. The van der Waals surface area contributed by atoms with Crippen molar-refractivity contribution in [2.24, 2.45) is 0 Å². The molecule has 0 saturated carbocycles. The second kappa shape index (κ2) is 7.92. The third kappa shape index (κ3) is 3.60. The minimum Gasteiger partial charge on any atom is -0.352 e. The molecule has 0 aliphatic carbocycles. The van der Waals surface area contributed by atoms with Gasteiger partial charge in [0.15, 0.2) is 5.11 Å². The Morgan fingerprint density at radius 3 is 2.55 bits per heavy atom. The molecule has 1 aromatic carbocycles. The molecular weight excluding hydrogens is 444 g/mol. The summed E-state index contributed by atoms with van der Waals surface area (Å²) in [6.07, 6.45) is 1.85. The molecular formula is C23H25BrN4S. The number of thiocarbonyl (C=S) groups is 1. The first-order valence-corrected chi connectivity index (χ1v) is 11.0. The zero-order chi connectivity index (χ0) is 20.7. The van der Waals surface area contributed by atoms with E-state index in [9.17, 15) is 0 Å². The van der Waals surface area contributed by atoms with Crippen molar-refractivity contribution in [1.82, 2.24) is 19.8 Å². The lowest BCUT2D eigenvalue weighted by molar-refractivity contribution is 0.269. The number of aryl methyl sites for hydroxylation is 1. The molecule has 1 N–H and O–H groups in total. The Hall–Kier alpha value is -2.18. The minimum atomic E-state index is 0.0163. The van der Waals surface area contributed by atoms with E-state index >= 15 is 0 Å². The van der Waals surface area contributed by atoms with Crippen molar-refractivity contribution in [3.63, 3.8) is 0 Å². The maximum Gasteiger partial charge on any atom is 0.170 e. The van der Waals surface area contributed by atoms with Crippen molar-refractivity contribution in [2.45, 2.75) is 45.8 Å². The van der Waals surface area contributed by atoms with Gasteiger partial charge in [-0.1, -0.05) is 28.1 Å². The Morgan fingerprint density at radius 1 is 1.10 bits per heavy atom. The van der Waals surface area contributed by atoms with Crippen LogP contribution in [0.1, 0.15) is 48.6 Å². The maximum atomic E-state index is 5.74. The van der Waals surface area contributed by atoms with Gasteiger partial charge in [-0.15, -0.1) is 0 Å². The van der Waals surface area contributed by atoms with Gasteiger partial charge < -0.3 is 14.8 Å². The van der Waals surface area contributed by atoms with E-state index in [-0.39, 0.29) is 18.1 Å². The average Bonchev–Trinajstić information content (AvgIpc) is 3.18. The minimum absolute atomic E-state index is 0.0163. The number of rotatable bonds is 4. The second-order valence-electron chi connectivity index (χ2n) is 7.77. The van der Waals surface area contributed by atoms with E-state index in [4.69, 9.17) is 12.2 Å². The van der Waals surface area contributed by atoms with Crippen LogP contribution < -0.4 is 5.32 Å². The van der Waals surface area contributed by atoms with Crippen LogP contribution in [0.4, 0.5) is 0 Å². The van der Waals surface area contributed by atoms with Crippen LogP contribution in [0, 0.1) is 13.8 Å². The van der Waals surface area contributed by atoms with Crippen molar-refractivity contribution in [1.29, 1.82) is 0 Å². The van der Waals surface area contributed by atoms with E-state index in [2.05, 4.69) is 99.8 Å². The summed E-state index contributed by atoms with van der Waals surface area (Å²) < 4.78 is 3.39. The topological polar surface area (TPSA) is 33.1 Å². The summed E-state index contributed by atoms with van der Waals surface area (Å²) in [7, 11) is 0. The summed E-state index contributed by atoms with van der Waals surface area (Å²) in [5.74, 6) is 0. The molecule has 4 nitrogen and oxygen atoms in total. The predicted octanol–water partition coefficient (Wildman–Crippen LogP) is 5.63. The molecule has 0 amide bonds. The van der Waals surface area contributed by atoms with E-state index in [1.807, 2.05) is 18.3 Å². The molecule has 1 aliphatic rings. The SMILES string of the molecule is Cc1cc([C@H]2[C@H](c3ccccn3)NC(=S)N2C(C)C)c(C)n1-c1cccc(Br)c1. The zero-order valence-electron chi connectivity index (χ0n) is 17.1. The molecule has 0 radical (unpaired) electrons. The molecule has 150 valence electrons. The Balaban J connectivity index is 1.86. The van der Waals surface area contributed by atoms with Crippen LogP contribution in [0.15, 0.2) is 59.2 Å². The van der Waals surface area contributed by atoms with Crippen molar-refractivity contribution in [3.8, 4) is 5.69 Å². The largest absolute Gasteiger partial charge is 0.352 e. The quantitative estimate of drug-likeness (QED) is 0.502. The summed E-state index contributed by atoms with van der Waals surface area (Å²) in [4.78, 5) is 6.94. The first kappa shape index (κ1) is 20.1. The van der Waals surface area contributed by atoms with Gasteiger partial charge in [0.05, 0.1) is 17.8 Å². The van der Waals surface area contributed by atoms with Gasteiger partial charge in [0.25, 0.3) is 0 Å². The number of nitrogens with zero attached hydrogens (tertiary/aromatic N) is 3. The van der Waals surface area contributed by atoms with Gasteiger partial charge in [0, 0.05) is 33.8 Å². The van der Waals surface area contributed by atoms with Crippen LogP contribution in [0.3, 0.4) is 0 Å². The summed E-state index contributed by atoms with van der Waals surface area (Å²) in [6.45, 7) is 8.73. The van der Waals surface area contributed by atoms with E-state index < -0.39 is 0 Å². The fourth-order valence-corrected chi connectivity index (χ4v) is 5.19. The fraction of sp³-hybridized carbons (Fsp3) is 0.304. The van der Waals surface area contributed by atoms with E-state index in [0.29, 0.717) is 0 Å². The predicted molar refractivity (Wildman–Crippen MR) is 125 cm³/mol. The molecule has 1 aliphatic heterocycles. The molecule has 3 heterocycles. The van der Waals surface area contributed by atoms with E-state index in [0.717, 1.165) is 21.0 Å². The normalized spacial score (nSPS) is 19.1. The van der Waals surface area contributed by atoms with Gasteiger partial charge in [-0.25, -0.2) is 0 Å². The molecule has 2 aromatic heterocycles. The van der Waals surface area contributed by atoms with Crippen molar-refractivity contribution >= 4 is 33.3 Å². The van der Waals surface area contributed by atoms with Crippen LogP contribution in [-0.4, -0.2) is 25.6 Å². The number of benzene rings is 1. The van der Waals surface area contributed by atoms with E-state index in [1.54, 1.807) is 0 Å². The molecule has 29 heavy (non-hydrogen) atoms. The van der Waals surface area contributed by atoms with Gasteiger partial charge in [0.2, 0.25) is 0 Å². The molecule has 4 rings (SSSR count). The van der Waals surface area contributed by atoms with Crippen LogP contribution in [-0.2, 0) is 0 Å². The molecule has 0 bridgehead atoms. The summed E-state index contributed by atoms with van der Waals surface area (Å²) >= 11 is 9.34. The Labute approximate surface area is 186 Å². The van der Waals surface area contributed by atoms with Gasteiger partial charge in [-0.2, -0.15) is 0 Å². The van der Waals surface area contributed by atoms with Crippen molar-refractivity contribution in [3.05, 3.63) is 81.8 Å². The van der Waals surface area contributed by atoms with Crippen LogP contribution >= 0.6 is 28.1 Å². The van der Waals surface area contributed by atoms with Crippen LogP contribution in [0.25, 0.3) is 5.69 Å². The lowest BCUT2D eigenvalue weighted by Crippen LogP contribution is -2.35. The highest BCUT2D eigenvalue weighted by Gasteiger charge is 2.42. The number of halogens is 1. The number of hydrogen-bond acceptors (Lipinski definition) is 2. The highest BCUT2D eigenvalue weighted by atomic mass is 79.9. The zero-order valence-corrected chi connectivity index (χ0v) is 19.5. The lowest BCUT2D eigenvalue weighted by atomic mass is 9.96. The summed E-state index contributed by atoms with van der Waals surface area (Å²) in [6, 6.07) is 17.1. The first-order valence-electron chi connectivity index (χ1n) is 9.83. The fourth-order valence-electron chi connectivity index (χ4n) is 4.35. The smallest absolute Gasteiger partial charge is 0.170 e. The number of hydrogen-bond donors (Lipinski definition) is 1. The summed E-state index contributed by atoms with van der Waals surface area (Å²) in [5.41, 5.74) is 5.87. The summed E-state index contributed by atoms with van der Waals surface area (Å²) in [5, 5.41) is 4.32. The number of aromatic nitrogens is 2. The molecule has 1 saturated heterocycles. The van der Waals surface area contributed by atoms with Gasteiger partial charge in [0.1, 0.15) is 0 Å². The monoisotopic (exact) mass is 468 g/mol. The maximum absolute atomic E-state index is 5.74. The Kier molecular flexibility index (Phi) is 5.49. The van der Waals surface area contributed by atoms with Crippen LogP contribution in [0.2, 0.25) is 0 Å². The highest BCUT2D eigenvalue weighted by molar-refractivity contribution is 9.10. The van der Waals surface area contributed by atoms with Crippen molar-refractivity contribution < 1.29 is 0 Å². The average molecular weight is 469 g/mol. The van der Waals surface area contributed by atoms with Crippen molar-refractivity contribution in [2.75, 3.05) is 0 Å². The molecule has 6 heteroatoms. The Bertz CT molecular complexity index is 1040. The second-order valence-corrected chi connectivity index (χ2v) is 9.07. The molecule has 0 unspecified atom stereocenters. The van der Waals surface area contributed by atoms with Crippen LogP contribution in [0.5, 0.6) is 0 Å². The number of pyridine rings is 1. The Morgan fingerprint density at radius 2 is 1.90 bits per heavy atom. The third-order valence-electron chi connectivity index (χ3n) is 5.55. The molecule has 3 aromatic rings. The highest BCUT2D eigenvalue weighted by Crippen LogP contribution is 2.42. The standard InChI is InChI=1S/C23H25BrN4S/c1-14(2)27-22(21(26-23(27)29)20-10-5-6-11-25-20)19-12-15(3)28(16(19)4)18-9-7-8-17(24)13-18/h5-14,21-22H,1-4H3,(H,26,29)/t21-,22-/m0/s1. The first-order chi connectivity index (χ1) is 13.9. The third-order valence-corrected chi connectivity index (χ3v) is 6.37. The molecule has 0 spiro atoms. The van der Waals surface area contributed by atoms with Gasteiger partial charge >= 0.3 is 0 Å². The van der Waals surface area contributed by atoms with E-state index in [1.165, 1.54) is 17.0 Å².